The number of methoxy groups -OCH3 is 2. The molecule has 2 rings (SSSR count). The van der Waals surface area contributed by atoms with Gasteiger partial charge < -0.3 is 14.8 Å². The second-order valence-corrected chi connectivity index (χ2v) is 5.60. The van der Waals surface area contributed by atoms with E-state index in [0.717, 1.165) is 28.3 Å². The summed E-state index contributed by atoms with van der Waals surface area (Å²) in [6.45, 7) is 0. The normalized spacial score (nSPS) is 16.4. The number of benzene rings is 1. The number of ether oxygens (including phenoxy) is 2. The minimum atomic E-state index is 0.328. The summed E-state index contributed by atoms with van der Waals surface area (Å²) < 4.78 is 11.8. The van der Waals surface area contributed by atoms with Crippen LogP contribution in [0, 0.1) is 5.92 Å². The van der Waals surface area contributed by atoms with Gasteiger partial charge in [0.2, 0.25) is 0 Å². The molecule has 1 saturated carbocycles. The summed E-state index contributed by atoms with van der Waals surface area (Å²) in [5.41, 5.74) is 1.17. The SMILES string of the molecule is CNC(CC1CC1)c1cc(OC)c(Br)cc1OC. The van der Waals surface area contributed by atoms with Crippen LogP contribution in [0.15, 0.2) is 16.6 Å². The maximum Gasteiger partial charge on any atom is 0.133 e. The molecule has 0 aromatic heterocycles. The van der Waals surface area contributed by atoms with Gasteiger partial charge in [-0.15, -0.1) is 0 Å². The lowest BCUT2D eigenvalue weighted by Gasteiger charge is -2.20. The molecule has 0 radical (unpaired) electrons. The summed E-state index contributed by atoms with van der Waals surface area (Å²) in [4.78, 5) is 0. The second kappa shape index (κ2) is 5.93. The zero-order valence-electron chi connectivity index (χ0n) is 11.1. The number of nitrogens with one attached hydrogen (secondary N) is 1. The van der Waals surface area contributed by atoms with Crippen molar-refractivity contribution in [2.75, 3.05) is 21.3 Å². The minimum Gasteiger partial charge on any atom is -0.496 e. The van der Waals surface area contributed by atoms with Crippen LogP contribution >= 0.6 is 15.9 Å². The summed E-state index contributed by atoms with van der Waals surface area (Å²) in [5.74, 6) is 2.62. The molecule has 1 aromatic rings. The fourth-order valence-corrected chi connectivity index (χ4v) is 2.73. The van der Waals surface area contributed by atoms with Gasteiger partial charge in [0.05, 0.1) is 18.7 Å². The molecule has 0 spiro atoms. The average molecular weight is 314 g/mol. The van der Waals surface area contributed by atoms with Gasteiger partial charge in [-0.05, 0) is 47.4 Å². The third-order valence-corrected chi connectivity index (χ3v) is 4.11. The van der Waals surface area contributed by atoms with Crippen molar-refractivity contribution >= 4 is 15.9 Å². The van der Waals surface area contributed by atoms with E-state index in [2.05, 4.69) is 27.3 Å². The third-order valence-electron chi connectivity index (χ3n) is 3.49. The monoisotopic (exact) mass is 313 g/mol. The minimum absolute atomic E-state index is 0.328. The van der Waals surface area contributed by atoms with Gasteiger partial charge in [0, 0.05) is 11.6 Å². The van der Waals surface area contributed by atoms with Gasteiger partial charge in [-0.1, -0.05) is 12.8 Å². The van der Waals surface area contributed by atoms with Crippen molar-refractivity contribution in [1.82, 2.24) is 5.32 Å². The highest BCUT2D eigenvalue weighted by atomic mass is 79.9. The first-order valence-corrected chi connectivity index (χ1v) is 7.07. The van der Waals surface area contributed by atoms with E-state index in [9.17, 15) is 0 Å². The molecule has 1 aliphatic carbocycles. The molecule has 0 bridgehead atoms. The van der Waals surface area contributed by atoms with Gasteiger partial charge >= 0.3 is 0 Å². The standard InChI is InChI=1S/C14H20BrNO2/c1-16-12(6-9-4-5-9)10-7-14(18-3)11(15)8-13(10)17-2/h7-9,12,16H,4-6H2,1-3H3. The third kappa shape index (κ3) is 2.98. The van der Waals surface area contributed by atoms with E-state index >= 15 is 0 Å². The molecular formula is C14H20BrNO2. The van der Waals surface area contributed by atoms with E-state index in [-0.39, 0.29) is 0 Å². The molecule has 1 aliphatic rings. The topological polar surface area (TPSA) is 30.5 Å². The Balaban J connectivity index is 2.32. The van der Waals surface area contributed by atoms with Crippen molar-refractivity contribution in [3.05, 3.63) is 22.2 Å². The first kappa shape index (κ1) is 13.7. The summed E-state index contributed by atoms with van der Waals surface area (Å²) in [6.07, 6.45) is 3.87. The fraction of sp³-hybridized carbons (Fsp3) is 0.571. The van der Waals surface area contributed by atoms with E-state index < -0.39 is 0 Å². The molecule has 0 saturated heterocycles. The van der Waals surface area contributed by atoms with Gasteiger partial charge in [-0.3, -0.25) is 0 Å². The molecule has 0 amide bonds. The van der Waals surface area contributed by atoms with Crippen molar-refractivity contribution in [2.24, 2.45) is 5.92 Å². The van der Waals surface area contributed by atoms with Crippen molar-refractivity contribution in [1.29, 1.82) is 0 Å². The van der Waals surface area contributed by atoms with Crippen molar-refractivity contribution in [3.8, 4) is 11.5 Å². The van der Waals surface area contributed by atoms with Crippen LogP contribution in [-0.2, 0) is 0 Å². The zero-order valence-corrected chi connectivity index (χ0v) is 12.7. The molecule has 3 nitrogen and oxygen atoms in total. The van der Waals surface area contributed by atoms with Crippen molar-refractivity contribution in [3.63, 3.8) is 0 Å². The number of hydrogen-bond donors (Lipinski definition) is 1. The predicted molar refractivity (Wildman–Crippen MR) is 76.4 cm³/mol. The number of hydrogen-bond acceptors (Lipinski definition) is 3. The Morgan fingerprint density at radius 2 is 1.94 bits per heavy atom. The Hall–Kier alpha value is -0.740. The molecule has 1 atom stereocenters. The molecule has 1 unspecified atom stereocenters. The lowest BCUT2D eigenvalue weighted by molar-refractivity contribution is 0.385. The summed E-state index contributed by atoms with van der Waals surface area (Å²) in [7, 11) is 5.40. The Morgan fingerprint density at radius 1 is 1.28 bits per heavy atom. The predicted octanol–water partition coefficient (Wildman–Crippen LogP) is 3.53. The van der Waals surface area contributed by atoms with Crippen molar-refractivity contribution < 1.29 is 9.47 Å². The van der Waals surface area contributed by atoms with Crippen LogP contribution in [0.3, 0.4) is 0 Å². The van der Waals surface area contributed by atoms with Crippen LogP contribution in [0.1, 0.15) is 30.9 Å². The zero-order chi connectivity index (χ0) is 13.1. The molecule has 1 N–H and O–H groups in total. The highest BCUT2D eigenvalue weighted by Crippen LogP contribution is 2.42. The molecule has 18 heavy (non-hydrogen) atoms. The summed E-state index contributed by atoms with van der Waals surface area (Å²) >= 11 is 3.49. The molecule has 1 fully saturated rings. The average Bonchev–Trinajstić information content (AvgIpc) is 3.19. The van der Waals surface area contributed by atoms with Gasteiger partial charge in [0.25, 0.3) is 0 Å². The molecule has 1 aromatic carbocycles. The van der Waals surface area contributed by atoms with Crippen LogP contribution in [0.25, 0.3) is 0 Å². The van der Waals surface area contributed by atoms with Gasteiger partial charge in [-0.25, -0.2) is 0 Å². The Bertz CT molecular complexity index is 419. The van der Waals surface area contributed by atoms with E-state index in [1.54, 1.807) is 14.2 Å². The van der Waals surface area contributed by atoms with Crippen LogP contribution in [-0.4, -0.2) is 21.3 Å². The highest BCUT2D eigenvalue weighted by Gasteiger charge is 2.27. The van der Waals surface area contributed by atoms with Crippen LogP contribution < -0.4 is 14.8 Å². The molecule has 0 heterocycles. The summed E-state index contributed by atoms with van der Waals surface area (Å²) in [6, 6.07) is 4.37. The highest BCUT2D eigenvalue weighted by molar-refractivity contribution is 9.10. The van der Waals surface area contributed by atoms with Crippen LogP contribution in [0.2, 0.25) is 0 Å². The lowest BCUT2D eigenvalue weighted by atomic mass is 10.00. The maximum atomic E-state index is 5.48. The first-order valence-electron chi connectivity index (χ1n) is 6.28. The van der Waals surface area contributed by atoms with Gasteiger partial charge in [0.15, 0.2) is 0 Å². The number of rotatable bonds is 6. The van der Waals surface area contributed by atoms with Gasteiger partial charge in [0.1, 0.15) is 11.5 Å². The van der Waals surface area contributed by atoms with Crippen molar-refractivity contribution in [2.45, 2.75) is 25.3 Å². The maximum absolute atomic E-state index is 5.48. The quantitative estimate of drug-likeness (QED) is 0.871. The van der Waals surface area contributed by atoms with Crippen LogP contribution in [0.5, 0.6) is 11.5 Å². The Morgan fingerprint density at radius 3 is 2.44 bits per heavy atom. The smallest absolute Gasteiger partial charge is 0.133 e. The molecular weight excluding hydrogens is 294 g/mol. The summed E-state index contributed by atoms with van der Waals surface area (Å²) in [5, 5.41) is 3.38. The second-order valence-electron chi connectivity index (χ2n) is 4.75. The molecule has 4 heteroatoms. The Kier molecular flexibility index (Phi) is 4.51. The van der Waals surface area contributed by atoms with Crippen LogP contribution in [0.4, 0.5) is 0 Å². The first-order chi connectivity index (χ1) is 8.69. The van der Waals surface area contributed by atoms with E-state index in [1.807, 2.05) is 13.1 Å². The number of halogens is 1. The van der Waals surface area contributed by atoms with E-state index in [4.69, 9.17) is 9.47 Å². The fourth-order valence-electron chi connectivity index (χ4n) is 2.24. The van der Waals surface area contributed by atoms with E-state index in [0.29, 0.717) is 6.04 Å². The lowest BCUT2D eigenvalue weighted by Crippen LogP contribution is -2.18. The molecule has 0 aliphatic heterocycles. The molecule has 100 valence electrons. The largest absolute Gasteiger partial charge is 0.496 e. The van der Waals surface area contributed by atoms with E-state index in [1.165, 1.54) is 18.4 Å². The Labute approximate surface area is 117 Å². The van der Waals surface area contributed by atoms with Gasteiger partial charge in [-0.2, -0.15) is 0 Å².